The number of hydrogen-bond acceptors (Lipinski definition) is 6. The molecule has 1 spiro atoms. The fraction of sp³-hybridized carbons (Fsp3) is 0.586. The summed E-state index contributed by atoms with van der Waals surface area (Å²) in [7, 11) is 1.59. The van der Waals surface area contributed by atoms with Crippen LogP contribution in [-0.2, 0) is 16.0 Å². The number of nitrogens with zero attached hydrogens (tertiary/aromatic N) is 3. The van der Waals surface area contributed by atoms with Crippen LogP contribution < -0.4 is 4.74 Å². The van der Waals surface area contributed by atoms with E-state index in [9.17, 15) is 14.7 Å². The number of carboxylic acid groups (broad SMARTS) is 1. The molecule has 1 aromatic carbocycles. The van der Waals surface area contributed by atoms with Gasteiger partial charge in [0.1, 0.15) is 18.0 Å². The zero-order valence-electron chi connectivity index (χ0n) is 23.0. The highest BCUT2D eigenvalue weighted by atomic mass is 32.1. The van der Waals surface area contributed by atoms with Crippen LogP contribution in [0.4, 0.5) is 4.79 Å². The lowest BCUT2D eigenvalue weighted by Gasteiger charge is -2.50. The van der Waals surface area contributed by atoms with E-state index >= 15 is 0 Å². The molecule has 38 heavy (non-hydrogen) atoms. The third-order valence-corrected chi connectivity index (χ3v) is 8.72. The normalized spacial score (nSPS) is 20.6. The molecule has 2 aliphatic rings. The van der Waals surface area contributed by atoms with Crippen molar-refractivity contribution in [3.05, 3.63) is 52.2 Å². The Hall–Kier alpha value is -2.62. The summed E-state index contributed by atoms with van der Waals surface area (Å²) in [4.78, 5) is 30.7. The molecule has 3 heterocycles. The van der Waals surface area contributed by atoms with Gasteiger partial charge in [-0.15, -0.1) is 11.3 Å². The summed E-state index contributed by atoms with van der Waals surface area (Å²) < 4.78 is 12.8. The lowest BCUT2D eigenvalue weighted by molar-refractivity contribution is -0.192. The van der Waals surface area contributed by atoms with E-state index in [-0.39, 0.29) is 29.8 Å². The maximum atomic E-state index is 12.6. The number of para-hydroxylation sites is 1. The van der Waals surface area contributed by atoms with Crippen molar-refractivity contribution in [2.75, 3.05) is 39.8 Å². The first-order valence-corrected chi connectivity index (χ1v) is 14.5. The van der Waals surface area contributed by atoms with Crippen molar-refractivity contribution in [1.29, 1.82) is 0 Å². The average molecular weight is 544 g/mol. The van der Waals surface area contributed by atoms with E-state index in [0.717, 1.165) is 55.1 Å². The predicted octanol–water partition coefficient (Wildman–Crippen LogP) is 4.90. The second-order valence-corrected chi connectivity index (χ2v) is 11.8. The first-order chi connectivity index (χ1) is 18.2. The largest absolute Gasteiger partial charge is 0.485 e. The number of likely N-dealkylation sites (tertiary alicyclic amines) is 1. The van der Waals surface area contributed by atoms with Crippen LogP contribution in [-0.4, -0.2) is 89.3 Å². The molecule has 0 saturated carbocycles. The summed E-state index contributed by atoms with van der Waals surface area (Å²) >= 11 is 1.63. The second kappa shape index (κ2) is 12.5. The highest BCUT2D eigenvalue weighted by Gasteiger charge is 2.45. The molecule has 2 saturated heterocycles. The minimum absolute atomic E-state index is 0.0973. The first kappa shape index (κ1) is 28.4. The molecule has 0 bridgehead atoms. The molecule has 2 amide bonds. The number of ether oxygens (including phenoxy) is 2. The summed E-state index contributed by atoms with van der Waals surface area (Å²) in [6, 6.07) is 12.4. The molecule has 8 nitrogen and oxygen atoms in total. The summed E-state index contributed by atoms with van der Waals surface area (Å²) in [5.41, 5.74) is 0.909. The van der Waals surface area contributed by atoms with E-state index in [1.807, 2.05) is 47.5 Å². The number of hydrogen-bond donors (Lipinski definition) is 1. The molecule has 0 aliphatic carbocycles. The molecule has 2 aromatic rings. The van der Waals surface area contributed by atoms with Crippen molar-refractivity contribution in [2.24, 2.45) is 0 Å². The van der Waals surface area contributed by atoms with Gasteiger partial charge in [-0.25, -0.2) is 4.79 Å². The molecule has 2 fully saturated rings. The van der Waals surface area contributed by atoms with E-state index in [1.165, 1.54) is 4.90 Å². The van der Waals surface area contributed by atoms with E-state index in [4.69, 9.17) is 9.47 Å². The highest BCUT2D eigenvalue weighted by molar-refractivity contribution is 7.10. The quantitative estimate of drug-likeness (QED) is 0.459. The van der Waals surface area contributed by atoms with Crippen LogP contribution in [0.15, 0.2) is 41.8 Å². The Kier molecular flexibility index (Phi) is 9.33. The fourth-order valence-electron chi connectivity index (χ4n) is 5.38. The third kappa shape index (κ3) is 6.87. The van der Waals surface area contributed by atoms with Crippen molar-refractivity contribution in [3.63, 3.8) is 0 Å². The number of morpholine rings is 1. The van der Waals surface area contributed by atoms with Crippen LogP contribution in [0.2, 0.25) is 0 Å². The van der Waals surface area contributed by atoms with Crippen molar-refractivity contribution in [3.8, 4) is 5.75 Å². The van der Waals surface area contributed by atoms with Crippen LogP contribution in [0.5, 0.6) is 5.75 Å². The second-order valence-electron chi connectivity index (χ2n) is 10.8. The minimum Gasteiger partial charge on any atom is -0.485 e. The fourth-order valence-corrected chi connectivity index (χ4v) is 6.17. The van der Waals surface area contributed by atoms with Gasteiger partial charge in [0, 0.05) is 50.6 Å². The number of carbonyl (C=O) groups excluding carboxylic acids is 1. The van der Waals surface area contributed by atoms with Crippen LogP contribution in [0.3, 0.4) is 0 Å². The van der Waals surface area contributed by atoms with Crippen LogP contribution in [0.25, 0.3) is 0 Å². The number of carbonyl (C=O) groups is 2. The van der Waals surface area contributed by atoms with Crippen LogP contribution in [0, 0.1) is 0 Å². The smallest absolute Gasteiger partial charge is 0.407 e. The van der Waals surface area contributed by atoms with Crippen LogP contribution in [0.1, 0.15) is 56.6 Å². The Balaban J connectivity index is 1.35. The van der Waals surface area contributed by atoms with Gasteiger partial charge >= 0.3 is 6.09 Å². The van der Waals surface area contributed by atoms with Crippen molar-refractivity contribution >= 4 is 23.3 Å². The summed E-state index contributed by atoms with van der Waals surface area (Å²) in [5.74, 6) is 0.952. The van der Waals surface area contributed by atoms with Crippen molar-refractivity contribution in [1.82, 2.24) is 14.7 Å². The van der Waals surface area contributed by atoms with E-state index < -0.39 is 6.09 Å². The summed E-state index contributed by atoms with van der Waals surface area (Å²) in [6.07, 6.45) is 1.77. The topological polar surface area (TPSA) is 82.6 Å². The minimum atomic E-state index is -0.935. The monoisotopic (exact) mass is 543 g/mol. The van der Waals surface area contributed by atoms with Crippen molar-refractivity contribution in [2.45, 2.75) is 70.3 Å². The summed E-state index contributed by atoms with van der Waals surface area (Å²) in [5, 5.41) is 11.3. The van der Waals surface area contributed by atoms with E-state index in [2.05, 4.69) is 24.8 Å². The average Bonchev–Trinajstić information content (AvgIpc) is 3.43. The molecule has 4 rings (SSSR count). The lowest BCUT2D eigenvalue weighted by atomic mass is 9.87. The Morgan fingerprint density at radius 3 is 2.63 bits per heavy atom. The molecule has 2 atom stereocenters. The van der Waals surface area contributed by atoms with Gasteiger partial charge in [0.05, 0.1) is 12.1 Å². The third-order valence-electron chi connectivity index (χ3n) is 7.76. The highest BCUT2D eigenvalue weighted by Crippen LogP contribution is 2.34. The van der Waals surface area contributed by atoms with Gasteiger partial charge in [0.25, 0.3) is 5.91 Å². The van der Waals surface area contributed by atoms with Gasteiger partial charge < -0.3 is 29.3 Å². The Morgan fingerprint density at radius 2 is 1.97 bits per heavy atom. The molecular weight excluding hydrogens is 502 g/mol. The zero-order chi connectivity index (χ0) is 27.3. The standard InChI is InChI=1S/C29H41N3O5S/c1-21(2)32-20-29(37-22(3)27(32)33)13-17-31(18-14-29)16-11-23-8-5-6-9-24(23)36-25(26-10-7-19-38-26)12-15-30(4)28(34)35/h5-10,19,21-22,25H,11-18,20H2,1-4H3,(H,34,35). The first-order valence-electron chi connectivity index (χ1n) is 13.6. The van der Waals surface area contributed by atoms with Crippen molar-refractivity contribution < 1.29 is 24.2 Å². The van der Waals surface area contributed by atoms with Gasteiger partial charge in [-0.3, -0.25) is 4.79 Å². The lowest BCUT2D eigenvalue weighted by Crippen LogP contribution is -2.62. The molecule has 1 aromatic heterocycles. The number of thiophene rings is 1. The Labute approximate surface area is 230 Å². The van der Waals surface area contributed by atoms with Gasteiger partial charge in [-0.05, 0) is 63.1 Å². The summed E-state index contributed by atoms with van der Waals surface area (Å²) in [6.45, 7) is 9.91. The number of amides is 2. The molecule has 2 unspecified atom stereocenters. The van der Waals surface area contributed by atoms with Gasteiger partial charge in [-0.2, -0.15) is 0 Å². The number of piperidine rings is 1. The van der Waals surface area contributed by atoms with Gasteiger partial charge in [0.15, 0.2) is 0 Å². The van der Waals surface area contributed by atoms with Crippen LogP contribution >= 0.6 is 11.3 Å². The maximum Gasteiger partial charge on any atom is 0.407 e. The van der Waals surface area contributed by atoms with E-state index in [1.54, 1.807) is 18.4 Å². The Morgan fingerprint density at radius 1 is 1.24 bits per heavy atom. The molecule has 2 aliphatic heterocycles. The molecular formula is C29H41N3O5S. The molecule has 0 radical (unpaired) electrons. The number of benzene rings is 1. The maximum absolute atomic E-state index is 12.6. The Bertz CT molecular complexity index is 1070. The number of rotatable bonds is 10. The van der Waals surface area contributed by atoms with Gasteiger partial charge in [0.2, 0.25) is 0 Å². The molecule has 1 N–H and O–H groups in total. The van der Waals surface area contributed by atoms with Gasteiger partial charge in [-0.1, -0.05) is 24.3 Å². The molecule has 9 heteroatoms. The zero-order valence-corrected chi connectivity index (χ0v) is 23.8. The molecule has 208 valence electrons. The SMILES string of the molecule is CC1OC2(CCN(CCc3ccccc3OC(CCN(C)C(=O)O)c3cccs3)CC2)CN(C(C)C)C1=O. The van der Waals surface area contributed by atoms with E-state index in [0.29, 0.717) is 19.5 Å². The predicted molar refractivity (Wildman–Crippen MR) is 149 cm³/mol.